The fraction of sp³-hybridized carbons (Fsp3) is 0.400. The van der Waals surface area contributed by atoms with Crippen LogP contribution in [0.2, 0.25) is 0 Å². The highest BCUT2D eigenvalue weighted by Gasteiger charge is 2.14. The van der Waals surface area contributed by atoms with Crippen LogP contribution in [0.3, 0.4) is 0 Å². The highest BCUT2D eigenvalue weighted by atomic mass is 32.1. The summed E-state index contributed by atoms with van der Waals surface area (Å²) in [4.78, 5) is 7.37. The molecule has 21 heavy (non-hydrogen) atoms. The highest BCUT2D eigenvalue weighted by molar-refractivity contribution is 7.71. The summed E-state index contributed by atoms with van der Waals surface area (Å²) >= 11 is 5.48. The lowest BCUT2D eigenvalue weighted by Crippen LogP contribution is -2.05. The first-order chi connectivity index (χ1) is 10.2. The molecule has 0 aromatic carbocycles. The fourth-order valence-corrected chi connectivity index (χ4v) is 2.97. The average molecular weight is 301 g/mol. The third-order valence-corrected chi connectivity index (χ3v) is 4.00. The molecule has 0 bridgehead atoms. The third kappa shape index (κ3) is 2.63. The van der Waals surface area contributed by atoms with E-state index in [0.717, 1.165) is 47.4 Å². The van der Waals surface area contributed by atoms with Crippen molar-refractivity contribution >= 4 is 23.4 Å². The third-order valence-electron chi connectivity index (χ3n) is 3.68. The van der Waals surface area contributed by atoms with E-state index in [4.69, 9.17) is 12.2 Å². The van der Waals surface area contributed by atoms with Gasteiger partial charge in [0.05, 0.1) is 5.69 Å². The highest BCUT2D eigenvalue weighted by Crippen LogP contribution is 2.19. The largest absolute Gasteiger partial charge is 0.328 e. The maximum absolute atomic E-state index is 5.48. The van der Waals surface area contributed by atoms with Crippen LogP contribution >= 0.6 is 12.2 Å². The summed E-state index contributed by atoms with van der Waals surface area (Å²) in [6.45, 7) is 3.00. The first-order valence-electron chi connectivity index (χ1n) is 7.24. The molecule has 0 atom stereocenters. The molecule has 3 heterocycles. The number of aromatic amines is 1. The van der Waals surface area contributed by atoms with Crippen LogP contribution in [0, 0.1) is 4.77 Å². The Morgan fingerprint density at radius 3 is 2.71 bits per heavy atom. The summed E-state index contributed by atoms with van der Waals surface area (Å²) in [7, 11) is 1.98. The number of rotatable bonds is 5. The quantitative estimate of drug-likeness (QED) is 0.737. The molecule has 0 aliphatic carbocycles. The monoisotopic (exact) mass is 301 g/mol. The first-order valence-corrected chi connectivity index (χ1v) is 7.64. The number of nitrogens with one attached hydrogen (secondary N) is 1. The Balaban J connectivity index is 1.95. The van der Waals surface area contributed by atoms with Gasteiger partial charge in [0.2, 0.25) is 0 Å². The molecule has 0 saturated carbocycles. The van der Waals surface area contributed by atoms with Gasteiger partial charge in [-0.25, -0.2) is 0 Å². The molecule has 0 spiro atoms. The summed E-state index contributed by atoms with van der Waals surface area (Å²) in [5.74, 6) is 0. The molecule has 0 aliphatic heterocycles. The Morgan fingerprint density at radius 2 is 2.00 bits per heavy atom. The molecule has 3 rings (SSSR count). The number of hydrogen-bond donors (Lipinski definition) is 1. The molecular formula is C15H19N5S. The van der Waals surface area contributed by atoms with Gasteiger partial charge in [0.25, 0.3) is 0 Å². The second-order valence-corrected chi connectivity index (χ2v) is 5.59. The Kier molecular flexibility index (Phi) is 3.88. The number of pyridine rings is 1. The van der Waals surface area contributed by atoms with Crippen molar-refractivity contribution in [2.45, 2.75) is 32.7 Å². The summed E-state index contributed by atoms with van der Waals surface area (Å²) < 4.78 is 4.83. The Bertz CT molecular complexity index is 797. The smallest absolute Gasteiger partial charge is 0.179 e. The molecule has 0 aliphatic rings. The number of aryl methyl sites for hydroxylation is 4. The van der Waals surface area contributed by atoms with E-state index in [1.165, 1.54) is 5.56 Å². The van der Waals surface area contributed by atoms with Gasteiger partial charge >= 0.3 is 0 Å². The van der Waals surface area contributed by atoms with Crippen LogP contribution < -0.4 is 0 Å². The molecule has 3 aromatic heterocycles. The van der Waals surface area contributed by atoms with Crippen molar-refractivity contribution in [1.82, 2.24) is 24.3 Å². The molecule has 110 valence electrons. The lowest BCUT2D eigenvalue weighted by molar-refractivity contribution is 0.660. The minimum atomic E-state index is 0.768. The van der Waals surface area contributed by atoms with Gasteiger partial charge in [-0.15, -0.1) is 0 Å². The molecule has 0 saturated heterocycles. The maximum Gasteiger partial charge on any atom is 0.179 e. The van der Waals surface area contributed by atoms with Crippen LogP contribution in [0.15, 0.2) is 24.5 Å². The van der Waals surface area contributed by atoms with E-state index < -0.39 is 0 Å². The second-order valence-electron chi connectivity index (χ2n) is 5.21. The summed E-state index contributed by atoms with van der Waals surface area (Å²) in [6, 6.07) is 4.08. The van der Waals surface area contributed by atoms with Crippen molar-refractivity contribution in [3.05, 3.63) is 40.6 Å². The lowest BCUT2D eigenvalue weighted by atomic mass is 10.2. The van der Waals surface area contributed by atoms with E-state index in [-0.39, 0.29) is 0 Å². The zero-order chi connectivity index (χ0) is 14.8. The van der Waals surface area contributed by atoms with Crippen molar-refractivity contribution in [1.29, 1.82) is 0 Å². The molecule has 3 aromatic rings. The molecule has 5 nitrogen and oxygen atoms in total. The van der Waals surface area contributed by atoms with E-state index >= 15 is 0 Å². The first kappa shape index (κ1) is 14.0. The van der Waals surface area contributed by atoms with Gasteiger partial charge in [-0.3, -0.25) is 9.67 Å². The fourth-order valence-electron chi connectivity index (χ4n) is 2.69. The van der Waals surface area contributed by atoms with Crippen LogP contribution in [-0.2, 0) is 26.4 Å². The van der Waals surface area contributed by atoms with Crippen molar-refractivity contribution in [3.63, 3.8) is 0 Å². The second kappa shape index (κ2) is 5.81. The number of aromatic nitrogens is 5. The summed E-state index contributed by atoms with van der Waals surface area (Å²) in [6.07, 6.45) is 6.62. The van der Waals surface area contributed by atoms with Crippen LogP contribution in [0.4, 0.5) is 0 Å². The van der Waals surface area contributed by atoms with Gasteiger partial charge in [-0.05, 0) is 42.8 Å². The van der Waals surface area contributed by atoms with E-state index in [9.17, 15) is 0 Å². The minimum Gasteiger partial charge on any atom is -0.328 e. The van der Waals surface area contributed by atoms with Crippen LogP contribution in [0.25, 0.3) is 11.2 Å². The Labute approximate surface area is 128 Å². The topological polar surface area (TPSA) is 51.4 Å². The normalized spacial score (nSPS) is 11.3. The van der Waals surface area contributed by atoms with Gasteiger partial charge in [-0.2, -0.15) is 5.10 Å². The van der Waals surface area contributed by atoms with Crippen LogP contribution in [0.1, 0.15) is 24.6 Å². The Morgan fingerprint density at radius 1 is 1.24 bits per heavy atom. The molecule has 6 heteroatoms. The predicted octanol–water partition coefficient (Wildman–Crippen LogP) is 3.02. The molecule has 1 N–H and O–H groups in total. The van der Waals surface area contributed by atoms with E-state index in [1.54, 1.807) is 0 Å². The number of imidazole rings is 1. The standard InChI is InChI=1S/C15H19N5S/c1-3-4-12-13-14(19(2)18-12)20(15(21)17-13)10-7-11-5-8-16-9-6-11/h5-6,8-9H,3-4,7,10H2,1-2H3,(H,17,21). The molecular weight excluding hydrogens is 282 g/mol. The minimum absolute atomic E-state index is 0.768. The average Bonchev–Trinajstić information content (AvgIpc) is 2.96. The van der Waals surface area contributed by atoms with Gasteiger partial charge in [0.15, 0.2) is 10.4 Å². The van der Waals surface area contributed by atoms with Gasteiger partial charge in [-0.1, -0.05) is 13.3 Å². The molecule has 0 radical (unpaired) electrons. The van der Waals surface area contributed by atoms with Crippen molar-refractivity contribution in [2.75, 3.05) is 0 Å². The summed E-state index contributed by atoms with van der Waals surface area (Å²) in [5.41, 5.74) is 4.53. The number of H-pyrrole nitrogens is 1. The Hall–Kier alpha value is -1.95. The lowest BCUT2D eigenvalue weighted by Gasteiger charge is -2.05. The van der Waals surface area contributed by atoms with Gasteiger partial charge in [0.1, 0.15) is 5.52 Å². The predicted molar refractivity (Wildman–Crippen MR) is 85.8 cm³/mol. The number of fused-ring (bicyclic) bond motifs is 1. The van der Waals surface area contributed by atoms with Crippen molar-refractivity contribution in [2.24, 2.45) is 7.05 Å². The molecule has 0 unspecified atom stereocenters. The number of hydrogen-bond acceptors (Lipinski definition) is 3. The van der Waals surface area contributed by atoms with Crippen LogP contribution in [-0.4, -0.2) is 24.3 Å². The summed E-state index contributed by atoms with van der Waals surface area (Å²) in [5, 5.41) is 4.60. The maximum atomic E-state index is 5.48. The van der Waals surface area contributed by atoms with Gasteiger partial charge < -0.3 is 9.55 Å². The van der Waals surface area contributed by atoms with E-state index in [0.29, 0.717) is 0 Å². The molecule has 0 amide bonds. The number of nitrogens with zero attached hydrogens (tertiary/aromatic N) is 4. The van der Waals surface area contributed by atoms with Gasteiger partial charge in [0, 0.05) is 26.0 Å². The zero-order valence-corrected chi connectivity index (χ0v) is 13.2. The van der Waals surface area contributed by atoms with E-state index in [2.05, 4.69) is 26.6 Å². The SMILES string of the molecule is CCCc1nn(C)c2c1[nH]c(=S)n2CCc1ccncc1. The molecule has 0 fully saturated rings. The zero-order valence-electron chi connectivity index (χ0n) is 12.3. The van der Waals surface area contributed by atoms with Crippen molar-refractivity contribution < 1.29 is 0 Å². The van der Waals surface area contributed by atoms with Crippen molar-refractivity contribution in [3.8, 4) is 0 Å². The van der Waals surface area contributed by atoms with Crippen LogP contribution in [0.5, 0.6) is 0 Å². The van der Waals surface area contributed by atoms with E-state index in [1.807, 2.05) is 36.3 Å².